The van der Waals surface area contributed by atoms with Gasteiger partial charge in [0.05, 0.1) is 12.7 Å². The van der Waals surface area contributed by atoms with Crippen molar-refractivity contribution in [1.29, 1.82) is 0 Å². The van der Waals surface area contributed by atoms with Crippen LogP contribution in [0.5, 0.6) is 0 Å². The van der Waals surface area contributed by atoms with E-state index in [1.807, 2.05) is 12.1 Å². The molecule has 1 aromatic rings. The lowest BCUT2D eigenvalue weighted by atomic mass is 10.1. The summed E-state index contributed by atoms with van der Waals surface area (Å²) >= 11 is 5.76. The van der Waals surface area contributed by atoms with Crippen LogP contribution in [0.25, 0.3) is 0 Å². The van der Waals surface area contributed by atoms with E-state index in [1.54, 1.807) is 12.1 Å². The highest BCUT2D eigenvalue weighted by Gasteiger charge is 2.27. The van der Waals surface area contributed by atoms with Crippen LogP contribution in [0.4, 0.5) is 5.69 Å². The van der Waals surface area contributed by atoms with Gasteiger partial charge in [0.1, 0.15) is 12.3 Å². The molecule has 1 aliphatic heterocycles. The number of ether oxygens (including phenoxy) is 1. The van der Waals surface area contributed by atoms with E-state index in [1.165, 1.54) is 0 Å². The van der Waals surface area contributed by atoms with Gasteiger partial charge in [-0.15, -0.1) is 0 Å². The first kappa shape index (κ1) is 11.7. The Morgan fingerprint density at radius 1 is 1.19 bits per heavy atom. The minimum absolute atomic E-state index is 0.145. The van der Waals surface area contributed by atoms with Crippen LogP contribution < -0.4 is 5.32 Å². The molecule has 0 unspecified atom stereocenters. The third-order valence-corrected chi connectivity index (χ3v) is 2.79. The van der Waals surface area contributed by atoms with E-state index in [0.29, 0.717) is 11.4 Å². The highest BCUT2D eigenvalue weighted by atomic mass is 35.5. The fourth-order valence-electron chi connectivity index (χ4n) is 1.60. The van der Waals surface area contributed by atoms with Gasteiger partial charge in [-0.25, -0.2) is 0 Å². The Morgan fingerprint density at radius 2 is 1.88 bits per heavy atom. The van der Waals surface area contributed by atoms with Crippen molar-refractivity contribution in [2.45, 2.75) is 24.9 Å². The lowest BCUT2D eigenvalue weighted by Crippen LogP contribution is -2.44. The van der Waals surface area contributed by atoms with Crippen molar-refractivity contribution in [3.63, 3.8) is 0 Å². The molecular formula is C11H14ClNO3. The SMILES string of the molecule is O[C@@H]1C[C@H](Nc2ccc(Cl)cc2)OC[C@@H]1O. The first-order valence-corrected chi connectivity index (χ1v) is 5.53. The molecule has 1 fully saturated rings. The molecule has 1 aliphatic rings. The van der Waals surface area contributed by atoms with Crippen LogP contribution in [0, 0.1) is 0 Å². The highest BCUT2D eigenvalue weighted by molar-refractivity contribution is 6.30. The highest BCUT2D eigenvalue weighted by Crippen LogP contribution is 2.19. The third kappa shape index (κ3) is 2.86. The molecule has 0 saturated carbocycles. The minimum atomic E-state index is -0.789. The topological polar surface area (TPSA) is 61.7 Å². The van der Waals surface area contributed by atoms with Crippen molar-refractivity contribution >= 4 is 17.3 Å². The van der Waals surface area contributed by atoms with E-state index < -0.39 is 12.2 Å². The number of halogens is 1. The van der Waals surface area contributed by atoms with Gasteiger partial charge in [-0.05, 0) is 24.3 Å². The zero-order valence-electron chi connectivity index (χ0n) is 8.64. The Bertz CT molecular complexity index is 344. The molecule has 0 bridgehead atoms. The molecule has 0 spiro atoms. The van der Waals surface area contributed by atoms with Crippen molar-refractivity contribution in [3.05, 3.63) is 29.3 Å². The predicted octanol–water partition coefficient (Wildman–Crippen LogP) is 1.22. The summed E-state index contributed by atoms with van der Waals surface area (Å²) in [4.78, 5) is 0. The Hall–Kier alpha value is -0.810. The summed E-state index contributed by atoms with van der Waals surface area (Å²) in [6, 6.07) is 7.22. The summed E-state index contributed by atoms with van der Waals surface area (Å²) in [6.07, 6.45) is -1.44. The van der Waals surface area contributed by atoms with E-state index in [4.69, 9.17) is 16.3 Å². The first-order chi connectivity index (χ1) is 7.65. The van der Waals surface area contributed by atoms with Gasteiger partial charge in [-0.1, -0.05) is 11.6 Å². The quantitative estimate of drug-likeness (QED) is 0.731. The molecule has 16 heavy (non-hydrogen) atoms. The van der Waals surface area contributed by atoms with Gasteiger partial charge in [0.2, 0.25) is 0 Å². The zero-order chi connectivity index (χ0) is 11.5. The number of aliphatic hydroxyl groups is 2. The van der Waals surface area contributed by atoms with Gasteiger partial charge < -0.3 is 20.3 Å². The minimum Gasteiger partial charge on any atom is -0.390 e. The molecule has 3 N–H and O–H groups in total. The Balaban J connectivity index is 1.93. The van der Waals surface area contributed by atoms with Crippen LogP contribution in [0.2, 0.25) is 5.02 Å². The maximum Gasteiger partial charge on any atom is 0.130 e. The number of rotatable bonds is 2. The largest absolute Gasteiger partial charge is 0.390 e. The van der Waals surface area contributed by atoms with E-state index in [0.717, 1.165) is 5.69 Å². The summed E-state index contributed by atoms with van der Waals surface area (Å²) in [5.41, 5.74) is 0.873. The number of nitrogens with one attached hydrogen (secondary N) is 1. The van der Waals surface area contributed by atoms with E-state index >= 15 is 0 Å². The number of hydrogen-bond acceptors (Lipinski definition) is 4. The van der Waals surface area contributed by atoms with Gasteiger partial charge in [0.25, 0.3) is 0 Å². The van der Waals surface area contributed by atoms with Crippen LogP contribution in [-0.2, 0) is 4.74 Å². The van der Waals surface area contributed by atoms with Gasteiger partial charge in [-0.3, -0.25) is 0 Å². The summed E-state index contributed by atoms with van der Waals surface area (Å²) in [6.45, 7) is 0.145. The number of benzene rings is 1. The monoisotopic (exact) mass is 243 g/mol. The van der Waals surface area contributed by atoms with Crippen LogP contribution in [-0.4, -0.2) is 35.3 Å². The maximum absolute atomic E-state index is 9.48. The first-order valence-electron chi connectivity index (χ1n) is 5.15. The molecule has 0 aliphatic carbocycles. The molecule has 0 amide bonds. The van der Waals surface area contributed by atoms with E-state index in [9.17, 15) is 10.2 Å². The molecule has 4 nitrogen and oxygen atoms in total. The lowest BCUT2D eigenvalue weighted by Gasteiger charge is -2.31. The smallest absolute Gasteiger partial charge is 0.130 e. The second-order valence-corrected chi connectivity index (χ2v) is 4.28. The standard InChI is InChI=1S/C11H14ClNO3/c12-7-1-3-8(4-2-7)13-11-5-9(14)10(15)6-16-11/h1-4,9-11,13-15H,5-6H2/t9-,10+,11-/m1/s1. The van der Waals surface area contributed by atoms with Crippen molar-refractivity contribution < 1.29 is 14.9 Å². The molecule has 0 radical (unpaired) electrons. The third-order valence-electron chi connectivity index (χ3n) is 2.54. The molecule has 5 heteroatoms. The number of anilines is 1. The van der Waals surface area contributed by atoms with Gasteiger partial charge in [-0.2, -0.15) is 0 Å². The second kappa shape index (κ2) is 5.01. The Kier molecular flexibility index (Phi) is 3.66. The summed E-state index contributed by atoms with van der Waals surface area (Å²) in [7, 11) is 0. The van der Waals surface area contributed by atoms with Crippen LogP contribution >= 0.6 is 11.6 Å². The van der Waals surface area contributed by atoms with Crippen LogP contribution in [0.3, 0.4) is 0 Å². The summed E-state index contributed by atoms with van der Waals surface area (Å²) in [5.74, 6) is 0. The molecule has 1 heterocycles. The number of aliphatic hydroxyl groups excluding tert-OH is 2. The maximum atomic E-state index is 9.48. The Morgan fingerprint density at radius 3 is 2.50 bits per heavy atom. The fraction of sp³-hybridized carbons (Fsp3) is 0.455. The van der Waals surface area contributed by atoms with Crippen molar-refractivity contribution in [2.75, 3.05) is 11.9 Å². The zero-order valence-corrected chi connectivity index (χ0v) is 9.39. The van der Waals surface area contributed by atoms with E-state index in [-0.39, 0.29) is 12.8 Å². The molecule has 88 valence electrons. The van der Waals surface area contributed by atoms with Gasteiger partial charge >= 0.3 is 0 Å². The normalized spacial score (nSPS) is 30.1. The van der Waals surface area contributed by atoms with Crippen molar-refractivity contribution in [3.8, 4) is 0 Å². The second-order valence-electron chi connectivity index (χ2n) is 3.84. The van der Waals surface area contributed by atoms with Gasteiger partial charge in [0.15, 0.2) is 0 Å². The van der Waals surface area contributed by atoms with E-state index in [2.05, 4.69) is 5.32 Å². The molecular weight excluding hydrogens is 230 g/mol. The van der Waals surface area contributed by atoms with Crippen LogP contribution in [0.15, 0.2) is 24.3 Å². The predicted molar refractivity (Wildman–Crippen MR) is 61.4 cm³/mol. The van der Waals surface area contributed by atoms with Gasteiger partial charge in [0, 0.05) is 17.1 Å². The average molecular weight is 244 g/mol. The molecule has 0 aromatic heterocycles. The molecule has 1 aromatic carbocycles. The lowest BCUT2D eigenvalue weighted by molar-refractivity contribution is -0.112. The molecule has 2 rings (SSSR count). The number of hydrogen-bond donors (Lipinski definition) is 3. The van der Waals surface area contributed by atoms with Crippen molar-refractivity contribution in [2.24, 2.45) is 0 Å². The summed E-state index contributed by atoms with van der Waals surface area (Å²) < 4.78 is 5.34. The van der Waals surface area contributed by atoms with Crippen molar-refractivity contribution in [1.82, 2.24) is 0 Å². The molecule has 3 atom stereocenters. The summed E-state index contributed by atoms with van der Waals surface area (Å²) in [5, 5.41) is 22.5. The Labute approximate surface area is 98.8 Å². The fourth-order valence-corrected chi connectivity index (χ4v) is 1.73. The van der Waals surface area contributed by atoms with Crippen LogP contribution in [0.1, 0.15) is 6.42 Å². The molecule has 1 saturated heterocycles. The average Bonchev–Trinajstić information content (AvgIpc) is 2.27.